The zero-order chi connectivity index (χ0) is 9.84. The van der Waals surface area contributed by atoms with Crippen LogP contribution in [0.5, 0.6) is 5.75 Å². The van der Waals surface area contributed by atoms with E-state index in [1.54, 1.807) is 6.07 Å². The Morgan fingerprint density at radius 2 is 2.15 bits per heavy atom. The number of halogens is 1. The molecule has 0 fully saturated rings. The molecular formula is C10H14FNO. The first-order chi connectivity index (χ1) is 6.19. The maximum atomic E-state index is 13.1. The molecule has 0 aliphatic carbocycles. The third kappa shape index (κ3) is 2.18. The molecular weight excluding hydrogens is 169 g/mol. The highest BCUT2D eigenvalue weighted by Gasteiger charge is 2.07. The number of phenols is 1. The lowest BCUT2D eigenvalue weighted by atomic mass is 10.0. The lowest BCUT2D eigenvalue weighted by Crippen LogP contribution is -2.04. The minimum absolute atomic E-state index is 0.261. The molecule has 0 spiro atoms. The van der Waals surface area contributed by atoms with Crippen LogP contribution in [0.15, 0.2) is 12.1 Å². The molecule has 1 aromatic carbocycles. The highest BCUT2D eigenvalue weighted by atomic mass is 19.1. The molecule has 0 aliphatic rings. The molecule has 2 nitrogen and oxygen atoms in total. The van der Waals surface area contributed by atoms with E-state index < -0.39 is 5.82 Å². The molecule has 0 saturated heterocycles. The zero-order valence-electron chi connectivity index (χ0n) is 7.68. The van der Waals surface area contributed by atoms with Crippen molar-refractivity contribution in [1.29, 1.82) is 0 Å². The van der Waals surface area contributed by atoms with Gasteiger partial charge in [-0.3, -0.25) is 0 Å². The average Bonchev–Trinajstić information content (AvgIpc) is 2.13. The molecule has 3 N–H and O–H groups in total. The first-order valence-corrected chi connectivity index (χ1v) is 4.39. The van der Waals surface area contributed by atoms with Crippen LogP contribution in [0.4, 0.5) is 4.39 Å². The van der Waals surface area contributed by atoms with Crippen molar-refractivity contribution < 1.29 is 9.50 Å². The summed E-state index contributed by atoms with van der Waals surface area (Å²) < 4.78 is 13.1. The van der Waals surface area contributed by atoms with Crippen molar-refractivity contribution in [3.05, 3.63) is 29.1 Å². The highest BCUT2D eigenvalue weighted by Crippen LogP contribution is 2.23. The Labute approximate surface area is 77.2 Å². The number of hydrogen-bond donors (Lipinski definition) is 2. The number of benzene rings is 1. The zero-order valence-corrected chi connectivity index (χ0v) is 7.68. The van der Waals surface area contributed by atoms with Gasteiger partial charge in [-0.15, -0.1) is 0 Å². The van der Waals surface area contributed by atoms with Gasteiger partial charge in [0.2, 0.25) is 0 Å². The summed E-state index contributed by atoms with van der Waals surface area (Å²) in [4.78, 5) is 0. The molecule has 3 heteroatoms. The van der Waals surface area contributed by atoms with Crippen molar-refractivity contribution in [1.82, 2.24) is 0 Å². The van der Waals surface area contributed by atoms with Gasteiger partial charge in [-0.1, -0.05) is 13.0 Å². The number of aryl methyl sites for hydroxylation is 1. The van der Waals surface area contributed by atoms with Crippen molar-refractivity contribution in [3.8, 4) is 5.75 Å². The number of hydrogen-bond acceptors (Lipinski definition) is 2. The fourth-order valence-corrected chi connectivity index (χ4v) is 1.27. The summed E-state index contributed by atoms with van der Waals surface area (Å²) in [5.74, 6) is -0.814. The molecule has 0 bridgehead atoms. The predicted octanol–water partition coefficient (Wildman–Crippen LogP) is 1.59. The van der Waals surface area contributed by atoms with Crippen LogP contribution in [-0.4, -0.2) is 11.7 Å². The van der Waals surface area contributed by atoms with E-state index in [0.717, 1.165) is 12.0 Å². The Bertz CT molecular complexity index is 299. The molecule has 0 saturated carbocycles. The van der Waals surface area contributed by atoms with Gasteiger partial charge in [0, 0.05) is 0 Å². The molecule has 0 atom stereocenters. The fraction of sp³-hybridized carbons (Fsp3) is 0.400. The van der Waals surface area contributed by atoms with Crippen LogP contribution >= 0.6 is 0 Å². The van der Waals surface area contributed by atoms with Gasteiger partial charge in [-0.05, 0) is 36.6 Å². The SMILES string of the molecule is CCc1cc(F)c(O)c(CCN)c1. The maximum absolute atomic E-state index is 13.1. The second-order valence-electron chi connectivity index (χ2n) is 2.98. The largest absolute Gasteiger partial charge is 0.505 e. The summed E-state index contributed by atoms with van der Waals surface area (Å²) in [6.45, 7) is 2.36. The summed E-state index contributed by atoms with van der Waals surface area (Å²) in [6.07, 6.45) is 1.27. The van der Waals surface area contributed by atoms with Gasteiger partial charge in [0.05, 0.1) is 0 Å². The van der Waals surface area contributed by atoms with E-state index in [9.17, 15) is 9.50 Å². The minimum atomic E-state index is -0.553. The van der Waals surface area contributed by atoms with Crippen LogP contribution in [0.25, 0.3) is 0 Å². The normalized spacial score (nSPS) is 10.4. The second-order valence-corrected chi connectivity index (χ2v) is 2.98. The molecule has 13 heavy (non-hydrogen) atoms. The monoisotopic (exact) mass is 183 g/mol. The summed E-state index contributed by atoms with van der Waals surface area (Å²) in [5.41, 5.74) is 6.82. The van der Waals surface area contributed by atoms with Crippen LogP contribution in [0.2, 0.25) is 0 Å². The lowest BCUT2D eigenvalue weighted by molar-refractivity contribution is 0.425. The van der Waals surface area contributed by atoms with Crippen LogP contribution in [0.1, 0.15) is 18.1 Å². The molecule has 1 aromatic rings. The Hall–Kier alpha value is -1.09. The van der Waals surface area contributed by atoms with Crippen molar-refractivity contribution >= 4 is 0 Å². The van der Waals surface area contributed by atoms with E-state index in [-0.39, 0.29) is 5.75 Å². The summed E-state index contributed by atoms with van der Waals surface area (Å²) in [5, 5.41) is 9.32. The highest BCUT2D eigenvalue weighted by molar-refractivity contribution is 5.37. The second kappa shape index (κ2) is 4.23. The summed E-state index contributed by atoms with van der Waals surface area (Å²) in [6, 6.07) is 3.15. The van der Waals surface area contributed by atoms with Crippen LogP contribution in [-0.2, 0) is 12.8 Å². The van der Waals surface area contributed by atoms with Crippen LogP contribution < -0.4 is 5.73 Å². The Morgan fingerprint density at radius 1 is 1.46 bits per heavy atom. The lowest BCUT2D eigenvalue weighted by Gasteiger charge is -2.06. The molecule has 0 unspecified atom stereocenters. The molecule has 0 amide bonds. The van der Waals surface area contributed by atoms with E-state index in [0.29, 0.717) is 18.5 Å². The van der Waals surface area contributed by atoms with Gasteiger partial charge in [-0.25, -0.2) is 4.39 Å². The quantitative estimate of drug-likeness (QED) is 0.747. The fourth-order valence-electron chi connectivity index (χ4n) is 1.27. The molecule has 0 radical (unpaired) electrons. The third-order valence-corrected chi connectivity index (χ3v) is 2.02. The molecule has 0 aliphatic heterocycles. The number of nitrogens with two attached hydrogens (primary N) is 1. The molecule has 0 heterocycles. The van der Waals surface area contributed by atoms with Gasteiger partial charge in [0.15, 0.2) is 11.6 Å². The van der Waals surface area contributed by atoms with E-state index >= 15 is 0 Å². The van der Waals surface area contributed by atoms with E-state index in [4.69, 9.17) is 5.73 Å². The van der Waals surface area contributed by atoms with Crippen LogP contribution in [0, 0.1) is 5.82 Å². The Balaban J connectivity index is 3.09. The Morgan fingerprint density at radius 3 is 2.69 bits per heavy atom. The van der Waals surface area contributed by atoms with E-state index in [1.807, 2.05) is 6.92 Å². The van der Waals surface area contributed by atoms with E-state index in [1.165, 1.54) is 6.07 Å². The van der Waals surface area contributed by atoms with Gasteiger partial charge in [0.1, 0.15) is 0 Å². The van der Waals surface area contributed by atoms with Crippen LogP contribution in [0.3, 0.4) is 0 Å². The number of rotatable bonds is 3. The molecule has 1 rings (SSSR count). The molecule has 0 aromatic heterocycles. The Kier molecular flexibility index (Phi) is 3.25. The standard InChI is InChI=1S/C10H14FNO/c1-2-7-5-8(3-4-12)10(13)9(11)6-7/h5-6,13H,2-4,12H2,1H3. The smallest absolute Gasteiger partial charge is 0.165 e. The summed E-state index contributed by atoms with van der Waals surface area (Å²) >= 11 is 0. The van der Waals surface area contributed by atoms with Crippen molar-refractivity contribution in [2.45, 2.75) is 19.8 Å². The molecule has 72 valence electrons. The van der Waals surface area contributed by atoms with Gasteiger partial charge < -0.3 is 10.8 Å². The van der Waals surface area contributed by atoms with Crippen molar-refractivity contribution in [2.24, 2.45) is 5.73 Å². The first kappa shape index (κ1) is 9.99. The average molecular weight is 183 g/mol. The van der Waals surface area contributed by atoms with E-state index in [2.05, 4.69) is 0 Å². The number of aromatic hydroxyl groups is 1. The number of phenolic OH excluding ortho intramolecular Hbond substituents is 1. The van der Waals surface area contributed by atoms with Gasteiger partial charge in [-0.2, -0.15) is 0 Å². The maximum Gasteiger partial charge on any atom is 0.165 e. The summed E-state index contributed by atoms with van der Waals surface area (Å²) in [7, 11) is 0. The predicted molar refractivity (Wildman–Crippen MR) is 50.2 cm³/mol. The minimum Gasteiger partial charge on any atom is -0.505 e. The third-order valence-electron chi connectivity index (χ3n) is 2.02. The first-order valence-electron chi connectivity index (χ1n) is 4.39. The van der Waals surface area contributed by atoms with Gasteiger partial charge >= 0.3 is 0 Å². The topological polar surface area (TPSA) is 46.2 Å². The van der Waals surface area contributed by atoms with Crippen molar-refractivity contribution in [2.75, 3.05) is 6.54 Å². The van der Waals surface area contributed by atoms with Gasteiger partial charge in [0.25, 0.3) is 0 Å². The van der Waals surface area contributed by atoms with Crippen molar-refractivity contribution in [3.63, 3.8) is 0 Å².